The van der Waals surface area contributed by atoms with Gasteiger partial charge >= 0.3 is 0 Å². The van der Waals surface area contributed by atoms with E-state index in [1.165, 1.54) is 23.2 Å². The number of nitrogens with zero attached hydrogens (tertiary/aromatic N) is 4. The molecule has 1 unspecified atom stereocenters. The maximum absolute atomic E-state index is 13.0. The number of piperidine rings is 2. The van der Waals surface area contributed by atoms with Gasteiger partial charge < -0.3 is 4.90 Å². The predicted molar refractivity (Wildman–Crippen MR) is 112 cm³/mol. The summed E-state index contributed by atoms with van der Waals surface area (Å²) in [5, 5.41) is 11.8. The molecule has 9 heteroatoms. The van der Waals surface area contributed by atoms with Crippen LogP contribution in [-0.2, 0) is 10.0 Å². The topological polar surface area (TPSA) is 87.0 Å². The maximum atomic E-state index is 13.0. The average molecular weight is 423 g/mol. The lowest BCUT2D eigenvalue weighted by molar-refractivity contribution is -0.384. The lowest BCUT2D eigenvalue weighted by Gasteiger charge is -2.38. The predicted octanol–water partition coefficient (Wildman–Crippen LogP) is 2.83. The molecule has 4 rings (SSSR count). The number of nitro groups is 1. The highest BCUT2D eigenvalue weighted by Crippen LogP contribution is 2.34. The number of hydrogen-bond donors (Lipinski definition) is 0. The normalized spacial score (nSPS) is 24.7. The van der Waals surface area contributed by atoms with Crippen LogP contribution < -0.4 is 4.90 Å². The van der Waals surface area contributed by atoms with Gasteiger partial charge in [0, 0.05) is 38.3 Å². The minimum absolute atomic E-state index is 0.0305. The van der Waals surface area contributed by atoms with Crippen molar-refractivity contribution >= 4 is 21.4 Å². The molecule has 3 saturated heterocycles. The molecule has 0 N–H and O–H groups in total. The number of nitro benzene ring substituents is 1. The smallest absolute Gasteiger partial charge is 0.293 e. The number of likely N-dealkylation sites (tertiary alicyclic amines) is 1. The molecule has 3 aliphatic rings. The fraction of sp³-hybridized carbons (Fsp3) is 0.700. The van der Waals surface area contributed by atoms with E-state index in [2.05, 4.69) is 9.80 Å². The summed E-state index contributed by atoms with van der Waals surface area (Å²) in [4.78, 5) is 16.0. The van der Waals surface area contributed by atoms with Crippen LogP contribution in [0.1, 0.15) is 44.9 Å². The molecule has 3 aliphatic heterocycles. The highest BCUT2D eigenvalue weighted by Gasteiger charge is 2.32. The van der Waals surface area contributed by atoms with Crippen molar-refractivity contribution in [2.24, 2.45) is 0 Å². The number of anilines is 1. The Balaban J connectivity index is 1.60. The molecule has 0 bridgehead atoms. The molecule has 0 aliphatic carbocycles. The Kier molecular flexibility index (Phi) is 6.08. The summed E-state index contributed by atoms with van der Waals surface area (Å²) in [5.41, 5.74) is 0.432. The van der Waals surface area contributed by atoms with E-state index in [4.69, 9.17) is 0 Å². The molecule has 1 aromatic carbocycles. The van der Waals surface area contributed by atoms with E-state index in [1.54, 1.807) is 12.1 Å². The van der Waals surface area contributed by atoms with Crippen LogP contribution in [0.3, 0.4) is 0 Å². The van der Waals surface area contributed by atoms with Gasteiger partial charge in [0.2, 0.25) is 10.0 Å². The summed E-state index contributed by atoms with van der Waals surface area (Å²) >= 11 is 0. The van der Waals surface area contributed by atoms with Gasteiger partial charge in [-0.1, -0.05) is 6.42 Å². The monoisotopic (exact) mass is 422 g/mol. The summed E-state index contributed by atoms with van der Waals surface area (Å²) in [6, 6.07) is 4.87. The third-order valence-electron chi connectivity index (χ3n) is 6.49. The molecule has 0 spiro atoms. The van der Waals surface area contributed by atoms with Crippen LogP contribution in [0.4, 0.5) is 11.4 Å². The fourth-order valence-electron chi connectivity index (χ4n) is 4.91. The van der Waals surface area contributed by atoms with Crippen LogP contribution in [0.2, 0.25) is 0 Å². The van der Waals surface area contributed by atoms with Crippen LogP contribution in [-0.4, -0.2) is 67.9 Å². The first-order chi connectivity index (χ1) is 14.0. The lowest BCUT2D eigenvalue weighted by atomic mass is 10.0. The van der Waals surface area contributed by atoms with E-state index < -0.39 is 14.9 Å². The zero-order valence-corrected chi connectivity index (χ0v) is 17.6. The quantitative estimate of drug-likeness (QED) is 0.536. The Morgan fingerprint density at radius 3 is 2.31 bits per heavy atom. The van der Waals surface area contributed by atoms with Crippen molar-refractivity contribution in [2.45, 2.75) is 55.9 Å². The Hall–Kier alpha value is -1.71. The van der Waals surface area contributed by atoms with E-state index in [0.29, 0.717) is 24.8 Å². The van der Waals surface area contributed by atoms with Gasteiger partial charge in [0.15, 0.2) is 0 Å². The van der Waals surface area contributed by atoms with E-state index >= 15 is 0 Å². The number of sulfonamides is 1. The molecule has 0 saturated carbocycles. The molecule has 0 radical (unpaired) electrons. The van der Waals surface area contributed by atoms with E-state index in [1.807, 2.05) is 0 Å². The van der Waals surface area contributed by atoms with Crippen molar-refractivity contribution in [1.29, 1.82) is 0 Å². The molecule has 3 fully saturated rings. The van der Waals surface area contributed by atoms with Crippen LogP contribution >= 0.6 is 0 Å². The van der Waals surface area contributed by atoms with Gasteiger partial charge in [0.05, 0.1) is 9.82 Å². The van der Waals surface area contributed by atoms with E-state index in [0.717, 1.165) is 58.3 Å². The first-order valence-electron chi connectivity index (χ1n) is 10.7. The van der Waals surface area contributed by atoms with Crippen LogP contribution in [0.5, 0.6) is 0 Å². The van der Waals surface area contributed by atoms with Gasteiger partial charge in [0.1, 0.15) is 5.69 Å². The molecule has 160 valence electrons. The third-order valence-corrected chi connectivity index (χ3v) is 8.39. The van der Waals surface area contributed by atoms with E-state index in [-0.39, 0.29) is 10.6 Å². The van der Waals surface area contributed by atoms with Gasteiger partial charge in [-0.25, -0.2) is 8.42 Å². The summed E-state index contributed by atoms with van der Waals surface area (Å²) in [6.45, 7) is 4.72. The van der Waals surface area contributed by atoms with Gasteiger partial charge in [-0.15, -0.1) is 0 Å². The molecule has 0 amide bonds. The highest BCUT2D eigenvalue weighted by atomic mass is 32.2. The average Bonchev–Trinajstić information content (AvgIpc) is 3.29. The minimum Gasteiger partial charge on any atom is -0.364 e. The molecule has 1 atom stereocenters. The highest BCUT2D eigenvalue weighted by molar-refractivity contribution is 7.89. The van der Waals surface area contributed by atoms with E-state index in [9.17, 15) is 18.5 Å². The molecule has 8 nitrogen and oxygen atoms in total. The molecule has 0 aromatic heterocycles. The van der Waals surface area contributed by atoms with Crippen molar-refractivity contribution < 1.29 is 13.3 Å². The maximum Gasteiger partial charge on any atom is 0.293 e. The number of rotatable bonds is 5. The lowest BCUT2D eigenvalue weighted by Crippen LogP contribution is -2.47. The summed E-state index contributed by atoms with van der Waals surface area (Å²) in [7, 11) is -3.69. The van der Waals surface area contributed by atoms with Crippen LogP contribution in [0.15, 0.2) is 23.1 Å². The van der Waals surface area contributed by atoms with Crippen molar-refractivity contribution in [3.8, 4) is 0 Å². The van der Waals surface area contributed by atoms with Gasteiger partial charge in [-0.3, -0.25) is 15.0 Å². The fourth-order valence-corrected chi connectivity index (χ4v) is 6.45. The van der Waals surface area contributed by atoms with Crippen molar-refractivity contribution in [2.75, 3.05) is 44.2 Å². The van der Waals surface area contributed by atoms with Gasteiger partial charge in [-0.2, -0.15) is 4.31 Å². The molecule has 3 heterocycles. The molecule has 1 aromatic rings. The Bertz CT molecular complexity index is 848. The SMILES string of the molecule is O=[N+]([O-])c1cc(S(=O)(=O)N2CCCCC2)ccc1N1CCCC(N2CCCC2)C1. The van der Waals surface area contributed by atoms with Gasteiger partial charge in [0.25, 0.3) is 5.69 Å². The van der Waals surface area contributed by atoms with Gasteiger partial charge in [-0.05, 0) is 63.7 Å². The van der Waals surface area contributed by atoms with Crippen molar-refractivity contribution in [3.63, 3.8) is 0 Å². The summed E-state index contributed by atoms with van der Waals surface area (Å²) in [5.74, 6) is 0. The Morgan fingerprint density at radius 1 is 0.931 bits per heavy atom. The second-order valence-corrected chi connectivity index (χ2v) is 10.3. The van der Waals surface area contributed by atoms with Crippen molar-refractivity contribution in [3.05, 3.63) is 28.3 Å². The number of hydrogen-bond acceptors (Lipinski definition) is 6. The summed E-state index contributed by atoms with van der Waals surface area (Å²) in [6.07, 6.45) is 7.26. The standard InChI is InChI=1S/C20H30N4O4S/c25-24(26)20-15-18(29(27,28)23-13-2-1-3-14-23)8-9-19(20)22-12-6-7-17(16-22)21-10-4-5-11-21/h8-9,15,17H,1-7,10-14,16H2. The molecule has 29 heavy (non-hydrogen) atoms. The number of benzene rings is 1. The van der Waals surface area contributed by atoms with Crippen LogP contribution in [0, 0.1) is 10.1 Å². The second kappa shape index (κ2) is 8.57. The third kappa shape index (κ3) is 4.27. The zero-order valence-electron chi connectivity index (χ0n) is 16.8. The Labute approximate surface area is 172 Å². The second-order valence-electron chi connectivity index (χ2n) is 8.36. The Morgan fingerprint density at radius 2 is 1.62 bits per heavy atom. The zero-order chi connectivity index (χ0) is 20.4. The van der Waals surface area contributed by atoms with Crippen LogP contribution in [0.25, 0.3) is 0 Å². The summed E-state index contributed by atoms with van der Waals surface area (Å²) < 4.78 is 27.4. The molecular weight excluding hydrogens is 392 g/mol. The molecular formula is C20H30N4O4S. The first-order valence-corrected chi connectivity index (χ1v) is 12.2. The first kappa shape index (κ1) is 20.6. The largest absolute Gasteiger partial charge is 0.364 e. The van der Waals surface area contributed by atoms with Crippen molar-refractivity contribution in [1.82, 2.24) is 9.21 Å². The minimum atomic E-state index is -3.69.